The van der Waals surface area contributed by atoms with Crippen molar-refractivity contribution in [2.45, 2.75) is 31.6 Å². The number of aryl methyl sites for hydroxylation is 1. The van der Waals surface area contributed by atoms with Crippen molar-refractivity contribution in [3.8, 4) is 0 Å². The second-order valence-corrected chi connectivity index (χ2v) is 6.35. The molecule has 1 aliphatic carbocycles. The lowest BCUT2D eigenvalue weighted by atomic mass is 9.74. The minimum atomic E-state index is 0.000659. The Bertz CT molecular complexity index is 767. The zero-order valence-corrected chi connectivity index (χ0v) is 13.3. The van der Waals surface area contributed by atoms with Crippen LogP contribution in [0.15, 0.2) is 41.2 Å². The molecule has 2 aromatic rings. The van der Waals surface area contributed by atoms with Crippen LogP contribution in [0.3, 0.4) is 0 Å². The van der Waals surface area contributed by atoms with E-state index >= 15 is 0 Å². The molecule has 0 N–H and O–H groups in total. The van der Waals surface area contributed by atoms with Gasteiger partial charge in [0.15, 0.2) is 12.1 Å². The van der Waals surface area contributed by atoms with Gasteiger partial charge in [-0.15, -0.1) is 0 Å². The smallest absolute Gasteiger partial charge is 0.276 e. The molecule has 0 unspecified atom stereocenters. The highest BCUT2D eigenvalue weighted by Gasteiger charge is 2.39. The molecule has 1 aliphatic heterocycles. The summed E-state index contributed by atoms with van der Waals surface area (Å²) in [4.78, 5) is 18.7. The van der Waals surface area contributed by atoms with Gasteiger partial charge in [-0.05, 0) is 24.0 Å². The first-order valence-electron chi connectivity index (χ1n) is 8.24. The summed E-state index contributed by atoms with van der Waals surface area (Å²) in [6.07, 6.45) is 8.53. The number of hydrogen-bond acceptors (Lipinski definition) is 3. The zero-order chi connectivity index (χ0) is 15.9. The molecule has 1 aromatic carbocycles. The molecule has 2 heterocycles. The molecule has 2 aliphatic rings. The molecular weight excluding hydrogens is 288 g/mol. The summed E-state index contributed by atoms with van der Waals surface area (Å²) in [6, 6.07) is 8.58. The predicted octanol–water partition coefficient (Wildman–Crippen LogP) is 3.44. The van der Waals surface area contributed by atoms with Crippen molar-refractivity contribution in [2.75, 3.05) is 13.1 Å². The van der Waals surface area contributed by atoms with E-state index < -0.39 is 0 Å². The maximum Gasteiger partial charge on any atom is 0.276 e. The summed E-state index contributed by atoms with van der Waals surface area (Å²) in [5, 5.41) is 0. The molecule has 4 heteroatoms. The Kier molecular flexibility index (Phi) is 3.33. The monoisotopic (exact) mass is 308 g/mol. The molecule has 0 bridgehead atoms. The van der Waals surface area contributed by atoms with Crippen LogP contribution < -0.4 is 0 Å². The first kappa shape index (κ1) is 14.2. The first-order valence-corrected chi connectivity index (χ1v) is 8.24. The molecule has 4 nitrogen and oxygen atoms in total. The van der Waals surface area contributed by atoms with Crippen LogP contribution in [-0.2, 0) is 11.8 Å². The van der Waals surface area contributed by atoms with E-state index in [0.29, 0.717) is 17.9 Å². The van der Waals surface area contributed by atoms with Crippen molar-refractivity contribution in [3.63, 3.8) is 0 Å². The topological polar surface area (TPSA) is 46.3 Å². The van der Waals surface area contributed by atoms with Gasteiger partial charge in [0.2, 0.25) is 0 Å². The fourth-order valence-corrected chi connectivity index (χ4v) is 3.83. The Morgan fingerprint density at radius 3 is 2.87 bits per heavy atom. The Hall–Kier alpha value is -2.36. The minimum absolute atomic E-state index is 0.000659. The van der Waals surface area contributed by atoms with Crippen molar-refractivity contribution in [2.24, 2.45) is 0 Å². The number of carbonyl (C=O) groups is 1. The van der Waals surface area contributed by atoms with Gasteiger partial charge < -0.3 is 9.32 Å². The van der Waals surface area contributed by atoms with E-state index in [1.54, 1.807) is 0 Å². The zero-order valence-electron chi connectivity index (χ0n) is 13.3. The van der Waals surface area contributed by atoms with Crippen LogP contribution in [0, 0.1) is 0 Å². The number of nitrogens with zero attached hydrogens (tertiary/aromatic N) is 2. The van der Waals surface area contributed by atoms with Crippen molar-refractivity contribution in [1.29, 1.82) is 0 Å². The highest BCUT2D eigenvalue weighted by molar-refractivity contribution is 5.93. The average Bonchev–Trinajstić information content (AvgIpc) is 3.21. The van der Waals surface area contributed by atoms with Crippen LogP contribution >= 0.6 is 0 Å². The molecule has 1 amide bonds. The maximum absolute atomic E-state index is 12.7. The third kappa shape index (κ3) is 2.21. The van der Waals surface area contributed by atoms with Gasteiger partial charge in [-0.1, -0.05) is 43.3 Å². The van der Waals surface area contributed by atoms with Crippen LogP contribution in [-0.4, -0.2) is 28.9 Å². The number of fused-ring (bicyclic) bond motifs is 2. The van der Waals surface area contributed by atoms with E-state index in [4.69, 9.17) is 4.42 Å². The summed E-state index contributed by atoms with van der Waals surface area (Å²) in [5.41, 5.74) is 3.30. The summed E-state index contributed by atoms with van der Waals surface area (Å²) < 4.78 is 5.30. The largest absolute Gasteiger partial charge is 0.448 e. The number of likely N-dealkylation sites (tertiary alicyclic amines) is 1. The molecular formula is C19H20N2O2. The molecule has 118 valence electrons. The molecule has 0 atom stereocenters. The average molecular weight is 308 g/mol. The second kappa shape index (κ2) is 5.37. The van der Waals surface area contributed by atoms with Crippen LogP contribution in [0.2, 0.25) is 0 Å². The van der Waals surface area contributed by atoms with E-state index in [1.807, 2.05) is 11.8 Å². The molecule has 1 saturated heterocycles. The van der Waals surface area contributed by atoms with Gasteiger partial charge in [0.1, 0.15) is 5.76 Å². The summed E-state index contributed by atoms with van der Waals surface area (Å²) >= 11 is 0. The third-order valence-corrected chi connectivity index (χ3v) is 5.19. The van der Waals surface area contributed by atoms with Gasteiger partial charge in [0, 0.05) is 24.9 Å². The number of benzene rings is 1. The molecule has 0 radical (unpaired) electrons. The van der Waals surface area contributed by atoms with Crippen LogP contribution in [0.1, 0.15) is 47.1 Å². The van der Waals surface area contributed by atoms with Gasteiger partial charge in [0.05, 0.1) is 0 Å². The highest BCUT2D eigenvalue weighted by Crippen LogP contribution is 2.43. The molecule has 4 rings (SSSR count). The molecule has 23 heavy (non-hydrogen) atoms. The number of piperidine rings is 1. The number of oxazole rings is 1. The van der Waals surface area contributed by atoms with Crippen molar-refractivity contribution >= 4 is 12.0 Å². The lowest BCUT2D eigenvalue weighted by Gasteiger charge is -2.39. The molecule has 1 spiro atoms. The number of amides is 1. The van der Waals surface area contributed by atoms with Gasteiger partial charge in [0.25, 0.3) is 5.91 Å². The maximum atomic E-state index is 12.7. The van der Waals surface area contributed by atoms with Crippen molar-refractivity contribution in [1.82, 2.24) is 9.88 Å². The Labute approximate surface area is 135 Å². The molecule has 1 aromatic heterocycles. The number of aromatic nitrogens is 1. The quantitative estimate of drug-likeness (QED) is 0.854. The van der Waals surface area contributed by atoms with Crippen molar-refractivity contribution in [3.05, 3.63) is 59.3 Å². The van der Waals surface area contributed by atoms with Gasteiger partial charge in [-0.25, -0.2) is 4.98 Å². The fraction of sp³-hybridized carbons (Fsp3) is 0.368. The van der Waals surface area contributed by atoms with E-state index in [0.717, 1.165) is 25.9 Å². The van der Waals surface area contributed by atoms with E-state index in [1.165, 1.54) is 17.5 Å². The van der Waals surface area contributed by atoms with Crippen LogP contribution in [0.5, 0.6) is 0 Å². The number of carbonyl (C=O) groups excluding carboxylic acids is 1. The van der Waals surface area contributed by atoms with Gasteiger partial charge in [-0.2, -0.15) is 0 Å². The predicted molar refractivity (Wildman–Crippen MR) is 88.2 cm³/mol. The van der Waals surface area contributed by atoms with Crippen LogP contribution in [0.25, 0.3) is 6.08 Å². The standard InChI is InChI=1S/C19H20N2O2/c1-2-16-17(20-13-23-16)18(22)21-11-9-19(10-12-21)8-7-14-5-3-4-6-15(14)19/h3-8,13H,2,9-12H2,1H3. The van der Waals surface area contributed by atoms with Gasteiger partial charge in [-0.3, -0.25) is 4.79 Å². The summed E-state index contributed by atoms with van der Waals surface area (Å²) in [5.74, 6) is 0.683. The Morgan fingerprint density at radius 2 is 2.09 bits per heavy atom. The van der Waals surface area contributed by atoms with Crippen molar-refractivity contribution < 1.29 is 9.21 Å². The number of allylic oxidation sites excluding steroid dienone is 1. The van der Waals surface area contributed by atoms with Gasteiger partial charge >= 0.3 is 0 Å². The van der Waals surface area contributed by atoms with E-state index in [-0.39, 0.29) is 11.3 Å². The van der Waals surface area contributed by atoms with E-state index in [2.05, 4.69) is 41.4 Å². The Balaban J connectivity index is 1.52. The SMILES string of the molecule is CCc1ocnc1C(=O)N1CCC2(C=Cc3ccccc32)CC1. The second-order valence-electron chi connectivity index (χ2n) is 6.35. The molecule has 1 fully saturated rings. The normalized spacial score (nSPS) is 18.4. The number of rotatable bonds is 2. The first-order chi connectivity index (χ1) is 11.2. The molecule has 0 saturated carbocycles. The summed E-state index contributed by atoms with van der Waals surface area (Å²) in [6.45, 7) is 3.49. The van der Waals surface area contributed by atoms with Crippen LogP contribution in [0.4, 0.5) is 0 Å². The highest BCUT2D eigenvalue weighted by atomic mass is 16.3. The van der Waals surface area contributed by atoms with E-state index in [9.17, 15) is 4.79 Å². The minimum Gasteiger partial charge on any atom is -0.448 e. The lowest BCUT2D eigenvalue weighted by molar-refractivity contribution is 0.0683. The summed E-state index contributed by atoms with van der Waals surface area (Å²) in [7, 11) is 0. The lowest BCUT2D eigenvalue weighted by Crippen LogP contribution is -2.44. The third-order valence-electron chi connectivity index (χ3n) is 5.19. The fourth-order valence-electron chi connectivity index (χ4n) is 3.83. The number of hydrogen-bond donors (Lipinski definition) is 0. The Morgan fingerprint density at radius 1 is 1.30 bits per heavy atom.